The highest BCUT2D eigenvalue weighted by molar-refractivity contribution is 9.10. The smallest absolute Gasteiger partial charge is 0.275 e. The van der Waals surface area contributed by atoms with Crippen LogP contribution >= 0.6 is 15.9 Å². The largest absolute Gasteiger partial charge is 0.359 e. The maximum absolute atomic E-state index is 12.2. The van der Waals surface area contributed by atoms with Gasteiger partial charge < -0.3 is 9.84 Å². The molecule has 96 valence electrons. The Kier molecular flexibility index (Phi) is 3.25. The van der Waals surface area contributed by atoms with Crippen molar-refractivity contribution in [2.24, 2.45) is 7.05 Å². The Bertz CT molecular complexity index is 595. The van der Waals surface area contributed by atoms with E-state index in [1.165, 1.54) is 4.68 Å². The summed E-state index contributed by atoms with van der Waals surface area (Å²) >= 11 is 3.36. The third-order valence-electron chi connectivity index (χ3n) is 2.64. The van der Waals surface area contributed by atoms with Gasteiger partial charge in [0.05, 0.1) is 10.2 Å². The second-order valence-electron chi connectivity index (χ2n) is 4.02. The van der Waals surface area contributed by atoms with E-state index in [0.717, 1.165) is 5.69 Å². The standard InChI is InChI=1S/C11H13BrN4O2/c1-5-8(12)10(16(4)14-5)11(17)13-9-6(2)15-18-7(9)3/h1-4H3,(H,13,17). The first-order valence-corrected chi connectivity index (χ1v) is 6.14. The molecule has 2 heterocycles. The van der Waals surface area contributed by atoms with Crippen LogP contribution in [0.2, 0.25) is 0 Å². The Hall–Kier alpha value is -1.63. The molecule has 2 aromatic heterocycles. The van der Waals surface area contributed by atoms with Crippen molar-refractivity contribution in [1.82, 2.24) is 14.9 Å². The second-order valence-corrected chi connectivity index (χ2v) is 4.82. The summed E-state index contributed by atoms with van der Waals surface area (Å²) in [4.78, 5) is 12.2. The van der Waals surface area contributed by atoms with Crippen LogP contribution in [0.5, 0.6) is 0 Å². The zero-order chi connectivity index (χ0) is 13.4. The summed E-state index contributed by atoms with van der Waals surface area (Å²) in [6.07, 6.45) is 0. The van der Waals surface area contributed by atoms with Gasteiger partial charge in [0.15, 0.2) is 5.76 Å². The van der Waals surface area contributed by atoms with Crippen molar-refractivity contribution in [2.45, 2.75) is 20.8 Å². The van der Waals surface area contributed by atoms with Gasteiger partial charge in [-0.1, -0.05) is 5.16 Å². The highest BCUT2D eigenvalue weighted by atomic mass is 79.9. The first-order valence-electron chi connectivity index (χ1n) is 5.35. The van der Waals surface area contributed by atoms with E-state index in [0.29, 0.717) is 27.3 Å². The molecule has 0 fully saturated rings. The van der Waals surface area contributed by atoms with Crippen molar-refractivity contribution in [3.8, 4) is 0 Å². The van der Waals surface area contributed by atoms with Gasteiger partial charge >= 0.3 is 0 Å². The molecule has 0 aliphatic rings. The van der Waals surface area contributed by atoms with Crippen molar-refractivity contribution in [1.29, 1.82) is 0 Å². The van der Waals surface area contributed by atoms with E-state index in [-0.39, 0.29) is 5.91 Å². The van der Waals surface area contributed by atoms with E-state index in [9.17, 15) is 4.79 Å². The molecule has 18 heavy (non-hydrogen) atoms. The number of aromatic nitrogens is 3. The Morgan fingerprint density at radius 2 is 2.00 bits per heavy atom. The van der Waals surface area contributed by atoms with E-state index < -0.39 is 0 Å². The van der Waals surface area contributed by atoms with Crippen LogP contribution in [0.25, 0.3) is 0 Å². The van der Waals surface area contributed by atoms with Crippen LogP contribution in [0, 0.1) is 20.8 Å². The normalized spacial score (nSPS) is 10.7. The molecule has 0 aliphatic carbocycles. The van der Waals surface area contributed by atoms with E-state index in [4.69, 9.17) is 4.52 Å². The average Bonchev–Trinajstić information content (AvgIpc) is 2.73. The topological polar surface area (TPSA) is 73.0 Å². The lowest BCUT2D eigenvalue weighted by Crippen LogP contribution is -2.17. The molecule has 0 saturated carbocycles. The molecule has 0 atom stereocenters. The maximum atomic E-state index is 12.2. The quantitative estimate of drug-likeness (QED) is 0.923. The molecule has 0 bridgehead atoms. The number of halogens is 1. The van der Waals surface area contributed by atoms with Crippen molar-refractivity contribution in [2.75, 3.05) is 5.32 Å². The molecule has 0 spiro atoms. The van der Waals surface area contributed by atoms with Gasteiger partial charge in [-0.25, -0.2) is 0 Å². The predicted molar refractivity (Wildman–Crippen MR) is 69.6 cm³/mol. The summed E-state index contributed by atoms with van der Waals surface area (Å²) in [7, 11) is 1.72. The van der Waals surface area contributed by atoms with E-state index >= 15 is 0 Å². The lowest BCUT2D eigenvalue weighted by molar-refractivity contribution is 0.101. The van der Waals surface area contributed by atoms with Crippen molar-refractivity contribution in [3.63, 3.8) is 0 Å². The number of amides is 1. The Morgan fingerprint density at radius 3 is 2.44 bits per heavy atom. The number of carbonyl (C=O) groups is 1. The van der Waals surface area contributed by atoms with Gasteiger partial charge in [0.1, 0.15) is 17.1 Å². The Morgan fingerprint density at radius 1 is 1.33 bits per heavy atom. The van der Waals surface area contributed by atoms with Crippen LogP contribution in [0.15, 0.2) is 9.00 Å². The predicted octanol–water partition coefficient (Wildman–Crippen LogP) is 2.35. The molecule has 6 nitrogen and oxygen atoms in total. The summed E-state index contributed by atoms with van der Waals surface area (Å²) < 4.78 is 7.22. The summed E-state index contributed by atoms with van der Waals surface area (Å²) in [5.41, 5.74) is 2.48. The van der Waals surface area contributed by atoms with Crippen LogP contribution in [0.1, 0.15) is 27.6 Å². The molecule has 0 unspecified atom stereocenters. The van der Waals surface area contributed by atoms with Crippen LogP contribution in [-0.2, 0) is 7.05 Å². The van der Waals surface area contributed by atoms with Gasteiger partial charge in [-0.15, -0.1) is 0 Å². The molecule has 2 aromatic rings. The molecule has 1 amide bonds. The minimum absolute atomic E-state index is 0.251. The van der Waals surface area contributed by atoms with Crippen molar-refractivity contribution in [3.05, 3.63) is 27.3 Å². The van der Waals surface area contributed by atoms with Gasteiger partial charge in [-0.05, 0) is 36.7 Å². The number of hydrogen-bond donors (Lipinski definition) is 1. The molecule has 0 saturated heterocycles. The summed E-state index contributed by atoms with van der Waals surface area (Å²) in [6.45, 7) is 5.35. The van der Waals surface area contributed by atoms with Crippen LogP contribution in [0.4, 0.5) is 5.69 Å². The molecule has 0 aliphatic heterocycles. The van der Waals surface area contributed by atoms with Gasteiger partial charge in [-0.2, -0.15) is 5.10 Å². The number of anilines is 1. The van der Waals surface area contributed by atoms with Gasteiger partial charge in [0, 0.05) is 7.05 Å². The highest BCUT2D eigenvalue weighted by Gasteiger charge is 2.20. The monoisotopic (exact) mass is 312 g/mol. The minimum Gasteiger partial charge on any atom is -0.359 e. The molecule has 7 heteroatoms. The zero-order valence-corrected chi connectivity index (χ0v) is 12.1. The second kappa shape index (κ2) is 4.56. The molecule has 0 aromatic carbocycles. The Labute approximate surface area is 112 Å². The van der Waals surface area contributed by atoms with E-state index in [1.807, 2.05) is 6.92 Å². The number of aryl methyl sites for hydroxylation is 4. The number of rotatable bonds is 2. The zero-order valence-electron chi connectivity index (χ0n) is 10.5. The SMILES string of the molecule is Cc1nn(C)c(C(=O)Nc2c(C)noc2C)c1Br. The fourth-order valence-electron chi connectivity index (χ4n) is 1.71. The van der Waals surface area contributed by atoms with Gasteiger partial charge in [-0.3, -0.25) is 9.48 Å². The average molecular weight is 313 g/mol. The van der Waals surface area contributed by atoms with Crippen LogP contribution in [-0.4, -0.2) is 20.8 Å². The molecule has 0 radical (unpaired) electrons. The van der Waals surface area contributed by atoms with Crippen LogP contribution in [0.3, 0.4) is 0 Å². The van der Waals surface area contributed by atoms with Gasteiger partial charge in [0.25, 0.3) is 5.91 Å². The lowest BCUT2D eigenvalue weighted by Gasteiger charge is -2.05. The fourth-order valence-corrected chi connectivity index (χ4v) is 2.23. The molecule has 1 N–H and O–H groups in total. The number of nitrogens with zero attached hydrogens (tertiary/aromatic N) is 3. The third-order valence-corrected chi connectivity index (χ3v) is 3.59. The molecular formula is C11H13BrN4O2. The summed E-state index contributed by atoms with van der Waals surface area (Å²) in [5, 5.41) is 10.7. The number of carbonyl (C=O) groups excluding carboxylic acids is 1. The minimum atomic E-state index is -0.251. The molecular weight excluding hydrogens is 300 g/mol. The number of nitrogens with one attached hydrogen (secondary N) is 1. The summed E-state index contributed by atoms with van der Waals surface area (Å²) in [6, 6.07) is 0. The summed E-state index contributed by atoms with van der Waals surface area (Å²) in [5.74, 6) is 0.329. The van der Waals surface area contributed by atoms with E-state index in [2.05, 4.69) is 31.5 Å². The maximum Gasteiger partial charge on any atom is 0.275 e. The highest BCUT2D eigenvalue weighted by Crippen LogP contribution is 2.23. The van der Waals surface area contributed by atoms with Crippen LogP contribution < -0.4 is 5.32 Å². The number of hydrogen-bond acceptors (Lipinski definition) is 4. The third kappa shape index (κ3) is 2.05. The van der Waals surface area contributed by atoms with Gasteiger partial charge in [0.2, 0.25) is 0 Å². The fraction of sp³-hybridized carbons (Fsp3) is 0.364. The molecule has 2 rings (SSSR count). The van der Waals surface area contributed by atoms with Crippen molar-refractivity contribution >= 4 is 27.5 Å². The Balaban J connectivity index is 2.33. The first kappa shape index (κ1) is 12.8. The van der Waals surface area contributed by atoms with Crippen molar-refractivity contribution < 1.29 is 9.32 Å². The lowest BCUT2D eigenvalue weighted by atomic mass is 10.3. The first-order chi connectivity index (χ1) is 8.41. The van der Waals surface area contributed by atoms with E-state index in [1.54, 1.807) is 20.9 Å².